The number of aryl methyl sites for hydroxylation is 1. The molecule has 2 aromatic heterocycles. The third-order valence-corrected chi connectivity index (χ3v) is 4.81. The van der Waals surface area contributed by atoms with Crippen molar-refractivity contribution in [1.82, 2.24) is 9.88 Å². The van der Waals surface area contributed by atoms with Crippen LogP contribution < -0.4 is 0 Å². The highest BCUT2D eigenvalue weighted by Crippen LogP contribution is 2.23. The largest absolute Gasteiger partial charge is 0.464 e. The summed E-state index contributed by atoms with van der Waals surface area (Å²) < 4.78 is 15.4. The molecule has 2 heterocycles. The normalized spacial score (nSPS) is 11.9. The molecule has 2 rings (SSSR count). The number of esters is 1. The predicted molar refractivity (Wildman–Crippen MR) is 106 cm³/mol. The van der Waals surface area contributed by atoms with Gasteiger partial charge < -0.3 is 23.8 Å². The van der Waals surface area contributed by atoms with E-state index in [9.17, 15) is 14.4 Å². The fourth-order valence-electron chi connectivity index (χ4n) is 3.27. The number of ether oxygens (including phenoxy) is 2. The monoisotopic (exact) mass is 404 g/mol. The summed E-state index contributed by atoms with van der Waals surface area (Å²) >= 11 is 0. The van der Waals surface area contributed by atoms with Gasteiger partial charge in [0.05, 0.1) is 19.4 Å². The molecule has 0 aromatic carbocycles. The fourth-order valence-corrected chi connectivity index (χ4v) is 3.27. The summed E-state index contributed by atoms with van der Waals surface area (Å²) in [5, 5.41) is 0. The van der Waals surface area contributed by atoms with Gasteiger partial charge in [-0.05, 0) is 51.8 Å². The molecule has 1 amide bonds. The van der Waals surface area contributed by atoms with Gasteiger partial charge in [0.15, 0.2) is 11.5 Å². The molecule has 0 bridgehead atoms. The van der Waals surface area contributed by atoms with Crippen LogP contribution in [-0.4, -0.2) is 60.5 Å². The molecule has 0 fully saturated rings. The van der Waals surface area contributed by atoms with E-state index in [1.807, 2.05) is 6.92 Å². The number of aromatic amines is 1. The Kier molecular flexibility index (Phi) is 7.78. The number of carbonyl (C=O) groups excluding carboxylic acids is 3. The number of methoxy groups -OCH3 is 1. The van der Waals surface area contributed by atoms with E-state index in [1.54, 1.807) is 32.9 Å². The second-order valence-electron chi connectivity index (χ2n) is 6.68. The summed E-state index contributed by atoms with van der Waals surface area (Å²) in [6.07, 6.45) is 2.00. The number of hydrogen-bond donors (Lipinski definition) is 1. The van der Waals surface area contributed by atoms with Crippen molar-refractivity contribution in [2.75, 3.05) is 26.9 Å². The topological polar surface area (TPSA) is 102 Å². The Hall–Kier alpha value is -2.87. The van der Waals surface area contributed by atoms with E-state index in [0.717, 1.165) is 0 Å². The predicted octanol–water partition coefficient (Wildman–Crippen LogP) is 3.15. The van der Waals surface area contributed by atoms with Gasteiger partial charge in [-0.2, -0.15) is 0 Å². The zero-order valence-corrected chi connectivity index (χ0v) is 17.5. The van der Waals surface area contributed by atoms with Gasteiger partial charge in [0, 0.05) is 31.0 Å². The standard InChI is InChI=1S/C21H28N2O6/c1-6-28-11-8-10-23(20(25)16-9-7-12-29-16)15(4)19(24)17-13(2)18(21(26)27-5)22-14(17)3/h7,9,12,15,22H,6,8,10-11H2,1-5H3. The lowest BCUT2D eigenvalue weighted by molar-refractivity contribution is 0.0570. The average Bonchev–Trinajstić information content (AvgIpc) is 3.34. The lowest BCUT2D eigenvalue weighted by atomic mass is 9.99. The molecule has 8 heteroatoms. The molecule has 1 N–H and O–H groups in total. The summed E-state index contributed by atoms with van der Waals surface area (Å²) in [6.45, 7) is 8.37. The Labute approximate surface area is 170 Å². The van der Waals surface area contributed by atoms with Gasteiger partial charge in [0.25, 0.3) is 5.91 Å². The molecular weight excluding hydrogens is 376 g/mol. The maximum atomic E-state index is 13.3. The molecular formula is C21H28N2O6. The smallest absolute Gasteiger partial charge is 0.354 e. The zero-order chi connectivity index (χ0) is 21.6. The van der Waals surface area contributed by atoms with Gasteiger partial charge in [-0.25, -0.2) is 4.79 Å². The number of hydrogen-bond acceptors (Lipinski definition) is 6. The molecule has 2 aromatic rings. The minimum atomic E-state index is -0.757. The number of nitrogens with one attached hydrogen (secondary N) is 1. The lowest BCUT2D eigenvalue weighted by Gasteiger charge is -2.28. The highest BCUT2D eigenvalue weighted by molar-refractivity contribution is 6.07. The molecule has 0 radical (unpaired) electrons. The van der Waals surface area contributed by atoms with Crippen molar-refractivity contribution in [3.05, 3.63) is 46.7 Å². The van der Waals surface area contributed by atoms with Crippen molar-refractivity contribution >= 4 is 17.7 Å². The van der Waals surface area contributed by atoms with Gasteiger partial charge in [-0.3, -0.25) is 9.59 Å². The van der Waals surface area contributed by atoms with E-state index in [0.29, 0.717) is 43.0 Å². The molecule has 29 heavy (non-hydrogen) atoms. The van der Waals surface area contributed by atoms with E-state index in [4.69, 9.17) is 13.9 Å². The van der Waals surface area contributed by atoms with Crippen LogP contribution in [0.15, 0.2) is 22.8 Å². The van der Waals surface area contributed by atoms with Crippen LogP contribution in [0.4, 0.5) is 0 Å². The third-order valence-electron chi connectivity index (χ3n) is 4.81. The third kappa shape index (κ3) is 4.95. The minimum Gasteiger partial charge on any atom is -0.464 e. The molecule has 0 aliphatic rings. The molecule has 0 saturated heterocycles. The van der Waals surface area contributed by atoms with Gasteiger partial charge in [0.2, 0.25) is 0 Å². The van der Waals surface area contributed by atoms with Crippen LogP contribution in [0, 0.1) is 13.8 Å². The number of rotatable bonds is 10. The maximum Gasteiger partial charge on any atom is 0.354 e. The number of ketones is 1. The Bertz CT molecular complexity index is 853. The molecule has 0 saturated carbocycles. The average molecular weight is 404 g/mol. The van der Waals surface area contributed by atoms with Crippen molar-refractivity contribution in [3.63, 3.8) is 0 Å². The number of furan rings is 1. The highest BCUT2D eigenvalue weighted by atomic mass is 16.5. The first-order chi connectivity index (χ1) is 13.8. The quantitative estimate of drug-likeness (QED) is 0.371. The van der Waals surface area contributed by atoms with Gasteiger partial charge in [-0.1, -0.05) is 0 Å². The number of nitrogens with zero attached hydrogens (tertiary/aromatic N) is 1. The van der Waals surface area contributed by atoms with Gasteiger partial charge >= 0.3 is 5.97 Å². The van der Waals surface area contributed by atoms with Crippen LogP contribution in [0.3, 0.4) is 0 Å². The molecule has 1 atom stereocenters. The Morgan fingerprint density at radius 2 is 2.00 bits per heavy atom. The summed E-state index contributed by atoms with van der Waals surface area (Å²) in [5.74, 6) is -1.01. The minimum absolute atomic E-state index is 0.166. The lowest BCUT2D eigenvalue weighted by Crippen LogP contribution is -2.44. The Morgan fingerprint density at radius 1 is 1.28 bits per heavy atom. The maximum absolute atomic E-state index is 13.3. The fraction of sp³-hybridized carbons (Fsp3) is 0.476. The van der Waals surface area contributed by atoms with Crippen LogP contribution >= 0.6 is 0 Å². The van der Waals surface area contributed by atoms with Gasteiger partial charge in [0.1, 0.15) is 5.69 Å². The summed E-state index contributed by atoms with van der Waals surface area (Å²) in [5.41, 5.74) is 1.69. The SMILES string of the molecule is CCOCCCN(C(=O)c1ccco1)C(C)C(=O)c1c(C)[nH]c(C(=O)OC)c1C. The first kappa shape index (κ1) is 22.4. The summed E-state index contributed by atoms with van der Waals surface area (Å²) in [4.78, 5) is 42.6. The molecule has 0 aliphatic carbocycles. The zero-order valence-electron chi connectivity index (χ0n) is 17.5. The van der Waals surface area contributed by atoms with Crippen LogP contribution in [0.2, 0.25) is 0 Å². The van der Waals surface area contributed by atoms with E-state index < -0.39 is 12.0 Å². The number of carbonyl (C=O) groups is 3. The number of Topliss-reactive ketones (excluding diaryl/α,β-unsaturated/α-hetero) is 1. The van der Waals surface area contributed by atoms with E-state index in [1.165, 1.54) is 18.3 Å². The van der Waals surface area contributed by atoms with E-state index >= 15 is 0 Å². The Morgan fingerprint density at radius 3 is 2.59 bits per heavy atom. The summed E-state index contributed by atoms with van der Waals surface area (Å²) in [7, 11) is 1.28. The van der Waals surface area contributed by atoms with Crippen LogP contribution in [0.5, 0.6) is 0 Å². The van der Waals surface area contributed by atoms with Crippen molar-refractivity contribution < 1.29 is 28.3 Å². The number of H-pyrrole nitrogens is 1. The molecule has 0 spiro atoms. The van der Waals surface area contributed by atoms with Crippen LogP contribution in [0.1, 0.15) is 62.9 Å². The Balaban J connectivity index is 2.31. The van der Waals surface area contributed by atoms with Crippen LogP contribution in [0.25, 0.3) is 0 Å². The second kappa shape index (κ2) is 10.1. The molecule has 1 unspecified atom stereocenters. The number of amides is 1. The first-order valence-electron chi connectivity index (χ1n) is 9.57. The first-order valence-corrected chi connectivity index (χ1v) is 9.57. The molecule has 8 nitrogen and oxygen atoms in total. The van der Waals surface area contributed by atoms with Crippen LogP contribution in [-0.2, 0) is 9.47 Å². The second-order valence-corrected chi connectivity index (χ2v) is 6.68. The molecule has 158 valence electrons. The van der Waals surface area contributed by atoms with Crippen molar-refractivity contribution in [2.24, 2.45) is 0 Å². The van der Waals surface area contributed by atoms with E-state index in [2.05, 4.69) is 4.98 Å². The van der Waals surface area contributed by atoms with Crippen molar-refractivity contribution in [2.45, 2.75) is 40.2 Å². The summed E-state index contributed by atoms with van der Waals surface area (Å²) in [6, 6.07) is 2.44. The van der Waals surface area contributed by atoms with Crippen molar-refractivity contribution in [1.29, 1.82) is 0 Å². The van der Waals surface area contributed by atoms with E-state index in [-0.39, 0.29) is 23.1 Å². The highest BCUT2D eigenvalue weighted by Gasteiger charge is 2.32. The van der Waals surface area contributed by atoms with Crippen molar-refractivity contribution in [3.8, 4) is 0 Å². The van der Waals surface area contributed by atoms with Gasteiger partial charge in [-0.15, -0.1) is 0 Å². The number of aromatic nitrogens is 1. The molecule has 0 aliphatic heterocycles.